The highest BCUT2D eigenvalue weighted by Crippen LogP contribution is 2.21. The zero-order valence-corrected chi connectivity index (χ0v) is 11.7. The average molecular weight is 289 g/mol. The van der Waals surface area contributed by atoms with E-state index in [0.717, 1.165) is 26.1 Å². The Balaban J connectivity index is 2.12. The summed E-state index contributed by atoms with van der Waals surface area (Å²) in [6.07, 6.45) is 5.03. The van der Waals surface area contributed by atoms with Gasteiger partial charge in [-0.05, 0) is 44.0 Å². The van der Waals surface area contributed by atoms with E-state index in [1.54, 1.807) is 0 Å². The molecule has 1 atom stereocenters. The summed E-state index contributed by atoms with van der Waals surface area (Å²) in [5.74, 6) is 1.03. The summed E-state index contributed by atoms with van der Waals surface area (Å²) in [5, 5.41) is 0. The van der Waals surface area contributed by atoms with Crippen molar-refractivity contribution in [2.75, 3.05) is 12.8 Å². The van der Waals surface area contributed by atoms with Crippen LogP contribution >= 0.6 is 22.8 Å². The molecular weight excluding hydrogens is 271 g/mol. The van der Waals surface area contributed by atoms with Crippen LogP contribution in [-0.2, 0) is 0 Å². The fraction of sp³-hybridized carbons (Fsp3) is 0.500. The lowest BCUT2D eigenvalue weighted by molar-refractivity contribution is 0.304. The molecule has 0 heterocycles. The quantitative estimate of drug-likeness (QED) is 0.529. The predicted molar refractivity (Wildman–Crippen MR) is 72.6 cm³/mol. The molecule has 3 heteroatoms. The van der Waals surface area contributed by atoms with E-state index in [2.05, 4.69) is 28.5 Å². The Hall–Kier alpha value is -0.0700. The first-order valence-electron chi connectivity index (χ1n) is 5.36. The van der Waals surface area contributed by atoms with Crippen molar-refractivity contribution < 1.29 is 4.74 Å². The number of aryl methyl sites for hydroxylation is 1. The summed E-state index contributed by atoms with van der Waals surface area (Å²) in [6, 6.07) is 8.18. The highest BCUT2D eigenvalue weighted by atomic mass is 79.9. The first-order valence-corrected chi connectivity index (χ1v) is 8.83. The van der Waals surface area contributed by atoms with E-state index in [9.17, 15) is 0 Å². The van der Waals surface area contributed by atoms with Gasteiger partial charge in [0.25, 0.3) is 0 Å². The van der Waals surface area contributed by atoms with Gasteiger partial charge in [0.15, 0.2) is 0 Å². The van der Waals surface area contributed by atoms with Crippen molar-refractivity contribution in [2.45, 2.75) is 26.2 Å². The number of benzene rings is 1. The van der Waals surface area contributed by atoms with Gasteiger partial charge in [-0.1, -0.05) is 41.0 Å². The monoisotopic (exact) mass is 288 g/mol. The van der Waals surface area contributed by atoms with Gasteiger partial charge in [-0.3, -0.25) is 0 Å². The third-order valence-electron chi connectivity index (χ3n) is 2.27. The Morgan fingerprint density at radius 2 is 2.00 bits per heavy atom. The van der Waals surface area contributed by atoms with Gasteiger partial charge >= 0.3 is 0 Å². The van der Waals surface area contributed by atoms with Crippen molar-refractivity contribution in [1.82, 2.24) is 0 Å². The second-order valence-electron chi connectivity index (χ2n) is 3.56. The summed E-state index contributed by atoms with van der Waals surface area (Å²) in [4.78, 5) is 0. The van der Waals surface area contributed by atoms with Crippen LogP contribution in [0.3, 0.4) is 0 Å². The molecule has 0 spiro atoms. The van der Waals surface area contributed by atoms with Gasteiger partial charge in [0.05, 0.1) is 6.61 Å². The highest BCUT2D eigenvalue weighted by molar-refractivity contribution is 9.36. The normalized spacial score (nSPS) is 11.1. The van der Waals surface area contributed by atoms with Crippen LogP contribution in [0, 0.1) is 6.92 Å². The first-order chi connectivity index (χ1) is 7.34. The third-order valence-corrected chi connectivity index (χ3v) is 4.00. The largest absolute Gasteiger partial charge is 0.493 e. The van der Waals surface area contributed by atoms with Crippen LogP contribution in [0.25, 0.3) is 0 Å². The molecule has 1 unspecified atom stereocenters. The van der Waals surface area contributed by atoms with Crippen LogP contribution in [0.5, 0.6) is 5.75 Å². The molecule has 0 saturated carbocycles. The SMILES string of the molecule is Cc1ccccc1OCCCCCPBr. The van der Waals surface area contributed by atoms with Crippen LogP contribution in [-0.4, -0.2) is 12.8 Å². The third kappa shape index (κ3) is 5.53. The molecule has 0 radical (unpaired) electrons. The van der Waals surface area contributed by atoms with Crippen LogP contribution in [0.2, 0.25) is 0 Å². The van der Waals surface area contributed by atoms with E-state index in [1.165, 1.54) is 24.6 Å². The van der Waals surface area contributed by atoms with Crippen LogP contribution in [0.1, 0.15) is 24.8 Å². The lowest BCUT2D eigenvalue weighted by Crippen LogP contribution is -1.98. The van der Waals surface area contributed by atoms with Gasteiger partial charge in [-0.15, -0.1) is 0 Å². The Labute approximate surface area is 102 Å². The summed E-state index contributed by atoms with van der Waals surface area (Å²) in [7, 11) is 0.912. The zero-order chi connectivity index (χ0) is 10.9. The smallest absolute Gasteiger partial charge is 0.122 e. The van der Waals surface area contributed by atoms with Gasteiger partial charge in [-0.2, -0.15) is 0 Å². The van der Waals surface area contributed by atoms with Crippen LogP contribution in [0.15, 0.2) is 24.3 Å². The van der Waals surface area contributed by atoms with E-state index in [-0.39, 0.29) is 0 Å². The molecule has 84 valence electrons. The van der Waals surface area contributed by atoms with Gasteiger partial charge < -0.3 is 4.74 Å². The minimum absolute atomic E-state index is 0.844. The Morgan fingerprint density at radius 3 is 2.73 bits per heavy atom. The van der Waals surface area contributed by atoms with E-state index in [4.69, 9.17) is 4.74 Å². The minimum Gasteiger partial charge on any atom is -0.493 e. The highest BCUT2D eigenvalue weighted by Gasteiger charge is 1.96. The molecule has 0 aliphatic carbocycles. The number of hydrogen-bond donors (Lipinski definition) is 0. The number of unbranched alkanes of at least 4 members (excludes halogenated alkanes) is 2. The summed E-state index contributed by atoms with van der Waals surface area (Å²) in [6.45, 7) is 2.93. The number of halogens is 1. The molecule has 0 aliphatic rings. The minimum atomic E-state index is 0.844. The molecule has 1 aromatic carbocycles. The van der Waals surface area contributed by atoms with Gasteiger partial charge in [0, 0.05) is 0 Å². The molecule has 0 amide bonds. The molecule has 15 heavy (non-hydrogen) atoms. The molecule has 0 saturated heterocycles. The number of para-hydroxylation sites is 1. The summed E-state index contributed by atoms with van der Waals surface area (Å²) in [5.41, 5.74) is 1.22. The van der Waals surface area contributed by atoms with E-state index < -0.39 is 0 Å². The van der Waals surface area contributed by atoms with E-state index >= 15 is 0 Å². The molecule has 0 bridgehead atoms. The fourth-order valence-corrected chi connectivity index (χ4v) is 2.60. The van der Waals surface area contributed by atoms with Crippen molar-refractivity contribution >= 4 is 22.8 Å². The molecule has 0 aromatic heterocycles. The Kier molecular flexibility index (Phi) is 7.04. The maximum atomic E-state index is 5.71. The molecule has 0 fully saturated rings. The summed E-state index contributed by atoms with van der Waals surface area (Å²) < 4.78 is 5.71. The molecule has 1 nitrogen and oxygen atoms in total. The van der Waals surface area contributed by atoms with Crippen molar-refractivity contribution in [3.63, 3.8) is 0 Å². The zero-order valence-electron chi connectivity index (χ0n) is 9.13. The Bertz CT molecular complexity index is 278. The topological polar surface area (TPSA) is 9.23 Å². The molecule has 0 aliphatic heterocycles. The summed E-state index contributed by atoms with van der Waals surface area (Å²) >= 11 is 3.46. The maximum Gasteiger partial charge on any atom is 0.122 e. The number of rotatable bonds is 7. The molecule has 0 N–H and O–H groups in total. The van der Waals surface area contributed by atoms with Crippen molar-refractivity contribution in [2.24, 2.45) is 0 Å². The molecule has 1 aromatic rings. The Morgan fingerprint density at radius 1 is 1.20 bits per heavy atom. The second kappa shape index (κ2) is 8.13. The second-order valence-corrected chi connectivity index (χ2v) is 6.01. The predicted octanol–water partition coefficient (Wildman–Crippen LogP) is 4.53. The van der Waals surface area contributed by atoms with Crippen LogP contribution in [0.4, 0.5) is 0 Å². The van der Waals surface area contributed by atoms with E-state index in [0.29, 0.717) is 0 Å². The van der Waals surface area contributed by atoms with Crippen molar-refractivity contribution in [3.8, 4) is 5.75 Å². The van der Waals surface area contributed by atoms with E-state index in [1.807, 2.05) is 18.2 Å². The maximum absolute atomic E-state index is 5.71. The number of hydrogen-bond acceptors (Lipinski definition) is 1. The van der Waals surface area contributed by atoms with Crippen molar-refractivity contribution in [1.29, 1.82) is 0 Å². The number of ether oxygens (including phenoxy) is 1. The van der Waals surface area contributed by atoms with Gasteiger partial charge in [0.1, 0.15) is 5.75 Å². The average Bonchev–Trinajstić information content (AvgIpc) is 2.25. The van der Waals surface area contributed by atoms with Crippen molar-refractivity contribution in [3.05, 3.63) is 29.8 Å². The lowest BCUT2D eigenvalue weighted by Gasteiger charge is -2.08. The van der Waals surface area contributed by atoms with Crippen LogP contribution < -0.4 is 4.74 Å². The fourth-order valence-electron chi connectivity index (χ4n) is 1.37. The van der Waals surface area contributed by atoms with Gasteiger partial charge in [-0.25, -0.2) is 0 Å². The molecular formula is C12H18BrOP. The first kappa shape index (κ1) is 13.0. The lowest BCUT2D eigenvalue weighted by atomic mass is 10.2. The molecule has 1 rings (SSSR count). The standard InChI is InChI=1S/C12H18BrOP/c1-11-7-3-4-8-12(11)14-9-5-2-6-10-15-13/h3-4,7-8,15H,2,5-6,9-10H2,1H3. The van der Waals surface area contributed by atoms with Gasteiger partial charge in [0.2, 0.25) is 0 Å².